The van der Waals surface area contributed by atoms with Crippen LogP contribution in [-0.2, 0) is 20.9 Å². The van der Waals surface area contributed by atoms with Gasteiger partial charge in [-0.25, -0.2) is 4.89 Å². The van der Waals surface area contributed by atoms with Gasteiger partial charge in [0.2, 0.25) is 5.91 Å². The Balaban J connectivity index is 1.89. The lowest BCUT2D eigenvalue weighted by molar-refractivity contribution is -0.284. The summed E-state index contributed by atoms with van der Waals surface area (Å²) in [5.41, 5.74) is 1.36. The Hall–Kier alpha value is -2.54. The highest BCUT2D eigenvalue weighted by molar-refractivity contribution is 6.14. The van der Waals surface area contributed by atoms with E-state index in [2.05, 4.69) is 5.32 Å². The minimum atomic E-state index is -1.44. The lowest BCUT2D eigenvalue weighted by Crippen LogP contribution is -2.55. The molecule has 2 aliphatic carbocycles. The molecule has 3 aliphatic rings. The predicted molar refractivity (Wildman–Crippen MR) is 130 cm³/mol. The first-order valence-corrected chi connectivity index (χ1v) is 12.1. The van der Waals surface area contributed by atoms with E-state index in [4.69, 9.17) is 4.89 Å². The number of aliphatic hydroxyl groups excluding tert-OH is 1. The molecule has 1 spiro atoms. The fourth-order valence-corrected chi connectivity index (χ4v) is 6.26. The first-order valence-electron chi connectivity index (χ1n) is 12.1. The van der Waals surface area contributed by atoms with Gasteiger partial charge in [-0.15, -0.1) is 0 Å². The molecular formula is C28H35NO5. The highest BCUT2D eigenvalue weighted by Crippen LogP contribution is 2.55. The number of amides is 1. The van der Waals surface area contributed by atoms with Crippen LogP contribution < -0.4 is 5.32 Å². The summed E-state index contributed by atoms with van der Waals surface area (Å²) in [6.07, 6.45) is 6.69. The van der Waals surface area contributed by atoms with Crippen molar-refractivity contribution in [3.8, 4) is 0 Å². The number of ketones is 1. The van der Waals surface area contributed by atoms with Gasteiger partial charge in [0.05, 0.1) is 6.10 Å². The summed E-state index contributed by atoms with van der Waals surface area (Å²) >= 11 is 0. The molecule has 3 N–H and O–H groups in total. The molecule has 0 radical (unpaired) electrons. The summed E-state index contributed by atoms with van der Waals surface area (Å²) in [6, 6.07) is 9.65. The molecule has 182 valence electrons. The lowest BCUT2D eigenvalue weighted by atomic mass is 9.55. The number of rotatable bonds is 3. The Morgan fingerprint density at radius 2 is 1.79 bits per heavy atom. The van der Waals surface area contributed by atoms with Crippen LogP contribution in [0.4, 0.5) is 0 Å². The summed E-state index contributed by atoms with van der Waals surface area (Å²) in [4.78, 5) is 32.8. The molecular weight excluding hydrogens is 430 g/mol. The van der Waals surface area contributed by atoms with Gasteiger partial charge in [-0.3, -0.25) is 14.8 Å². The van der Waals surface area contributed by atoms with E-state index < -0.39 is 29.5 Å². The van der Waals surface area contributed by atoms with Crippen molar-refractivity contribution in [3.05, 3.63) is 71.3 Å². The quantitative estimate of drug-likeness (QED) is 0.273. The maximum absolute atomic E-state index is 14.0. The molecule has 1 amide bonds. The monoisotopic (exact) mass is 465 g/mol. The molecule has 6 nitrogen and oxygen atoms in total. The van der Waals surface area contributed by atoms with Crippen molar-refractivity contribution in [2.75, 3.05) is 0 Å². The van der Waals surface area contributed by atoms with Crippen LogP contribution in [-0.4, -0.2) is 40.3 Å². The van der Waals surface area contributed by atoms with Crippen molar-refractivity contribution >= 4 is 11.7 Å². The highest BCUT2D eigenvalue weighted by Gasteiger charge is 2.66. The number of carbonyl (C=O) groups excluding carboxylic acids is 2. The molecule has 0 aromatic heterocycles. The van der Waals surface area contributed by atoms with E-state index in [0.717, 1.165) is 16.7 Å². The molecule has 1 unspecified atom stereocenters. The van der Waals surface area contributed by atoms with Gasteiger partial charge >= 0.3 is 0 Å². The van der Waals surface area contributed by atoms with Gasteiger partial charge in [0, 0.05) is 23.8 Å². The van der Waals surface area contributed by atoms with Gasteiger partial charge in [0.25, 0.3) is 0 Å². The Morgan fingerprint density at radius 3 is 2.47 bits per heavy atom. The standard InChI is InChI=1S/C28H35NO5/c1-16-9-8-12-21-26(34-33)19(4)18(3)24-22(15-20-10-6-5-7-11-20)29-27(32)28(21,24)23(30)14-13-17(2)25(16)31/h5-8,10-14,16-17,21-22,24-26,31,33H,9,15H2,1-4H3,(H,29,32)/b12-8+,14-13+/t16?,17-,21-,22-,24-,25+,26+,28-/m0/s1. The largest absolute Gasteiger partial charge is 0.392 e. The third-order valence-corrected chi connectivity index (χ3v) is 8.30. The molecule has 1 aromatic carbocycles. The molecule has 1 aromatic rings. The molecule has 1 aliphatic heterocycles. The van der Waals surface area contributed by atoms with Crippen LogP contribution >= 0.6 is 0 Å². The zero-order valence-electron chi connectivity index (χ0n) is 20.3. The van der Waals surface area contributed by atoms with E-state index in [0.29, 0.717) is 12.8 Å². The molecule has 1 heterocycles. The van der Waals surface area contributed by atoms with Crippen LogP contribution in [0.2, 0.25) is 0 Å². The normalized spacial score (nSPS) is 40.1. The van der Waals surface area contributed by atoms with Gasteiger partial charge in [-0.05, 0) is 49.8 Å². The van der Waals surface area contributed by atoms with E-state index in [1.165, 1.54) is 6.08 Å². The van der Waals surface area contributed by atoms with Gasteiger partial charge < -0.3 is 10.4 Å². The molecule has 0 bridgehead atoms. The van der Waals surface area contributed by atoms with Crippen LogP contribution in [0.5, 0.6) is 0 Å². The zero-order chi connectivity index (χ0) is 24.6. The molecule has 34 heavy (non-hydrogen) atoms. The molecule has 6 heteroatoms. The van der Waals surface area contributed by atoms with Crippen molar-refractivity contribution in [3.63, 3.8) is 0 Å². The van der Waals surface area contributed by atoms with Crippen molar-refractivity contribution in [2.24, 2.45) is 29.1 Å². The van der Waals surface area contributed by atoms with Crippen molar-refractivity contribution in [2.45, 2.75) is 58.8 Å². The smallest absolute Gasteiger partial charge is 0.235 e. The Labute approximate surface area is 201 Å². The summed E-state index contributed by atoms with van der Waals surface area (Å²) in [5.74, 6) is -2.00. The number of hydrogen-bond donors (Lipinski definition) is 3. The molecule has 8 atom stereocenters. The van der Waals surface area contributed by atoms with Crippen LogP contribution in [0, 0.1) is 29.1 Å². The van der Waals surface area contributed by atoms with Gasteiger partial charge in [-0.2, -0.15) is 0 Å². The average molecular weight is 466 g/mol. The minimum Gasteiger partial charge on any atom is -0.392 e. The van der Waals surface area contributed by atoms with Crippen LogP contribution in [0.3, 0.4) is 0 Å². The summed E-state index contributed by atoms with van der Waals surface area (Å²) < 4.78 is 0. The third-order valence-electron chi connectivity index (χ3n) is 8.30. The van der Waals surface area contributed by atoms with Crippen molar-refractivity contribution in [1.29, 1.82) is 0 Å². The van der Waals surface area contributed by atoms with E-state index in [9.17, 15) is 20.0 Å². The number of benzene rings is 1. The van der Waals surface area contributed by atoms with Crippen LogP contribution in [0.15, 0.2) is 65.8 Å². The van der Waals surface area contributed by atoms with E-state index in [-0.39, 0.29) is 29.6 Å². The maximum atomic E-state index is 14.0. The van der Waals surface area contributed by atoms with Gasteiger partial charge in [-0.1, -0.05) is 68.0 Å². The lowest BCUT2D eigenvalue weighted by Gasteiger charge is -2.46. The summed E-state index contributed by atoms with van der Waals surface area (Å²) in [5, 5.41) is 23.7. The Bertz CT molecular complexity index is 1030. The van der Waals surface area contributed by atoms with Crippen molar-refractivity contribution < 1.29 is 24.8 Å². The van der Waals surface area contributed by atoms with E-state index >= 15 is 0 Å². The van der Waals surface area contributed by atoms with Gasteiger partial charge in [0.15, 0.2) is 5.78 Å². The second kappa shape index (κ2) is 9.61. The molecule has 4 rings (SSSR count). The number of aliphatic hydroxyl groups is 1. The third kappa shape index (κ3) is 3.88. The van der Waals surface area contributed by atoms with E-state index in [1.807, 2.05) is 70.2 Å². The van der Waals surface area contributed by atoms with Crippen LogP contribution in [0.1, 0.15) is 39.7 Å². The Morgan fingerprint density at radius 1 is 1.09 bits per heavy atom. The van der Waals surface area contributed by atoms with Crippen molar-refractivity contribution in [1.82, 2.24) is 5.32 Å². The molecule has 0 saturated carbocycles. The number of nitrogens with one attached hydrogen (secondary N) is 1. The van der Waals surface area contributed by atoms with E-state index in [1.54, 1.807) is 6.08 Å². The fraction of sp³-hybridized carbons (Fsp3) is 0.500. The number of carbonyl (C=O) groups is 2. The van der Waals surface area contributed by atoms with Gasteiger partial charge in [0.1, 0.15) is 11.5 Å². The maximum Gasteiger partial charge on any atom is 0.235 e. The average Bonchev–Trinajstić information content (AvgIpc) is 3.11. The fourth-order valence-electron chi connectivity index (χ4n) is 6.26. The summed E-state index contributed by atoms with van der Waals surface area (Å²) in [6.45, 7) is 7.67. The SMILES string of the molecule is CC1=C(C)[C@H]2[C@H](Cc3ccccc3)NC(=O)[C@@]23C(=O)/C=C/[C@H](C)[C@H](O)C(C)C/C=C/[C@H]3[C@@H]1OO. The number of hydrogen-bond acceptors (Lipinski definition) is 5. The van der Waals surface area contributed by atoms with Crippen LogP contribution in [0.25, 0.3) is 0 Å². The number of allylic oxidation sites excluding steroid dienone is 2. The highest BCUT2D eigenvalue weighted by atomic mass is 17.1. The second-order valence-electron chi connectivity index (χ2n) is 10.2. The first kappa shape index (κ1) is 24.6. The zero-order valence-corrected chi connectivity index (χ0v) is 20.3. The predicted octanol–water partition coefficient (Wildman–Crippen LogP) is 3.87. The molecule has 1 fully saturated rings. The topological polar surface area (TPSA) is 95.9 Å². The Kier molecular flexibility index (Phi) is 6.94. The first-order chi connectivity index (χ1) is 16.2. The second-order valence-corrected chi connectivity index (χ2v) is 10.2. The molecule has 1 saturated heterocycles. The minimum absolute atomic E-state index is 0.0328. The summed E-state index contributed by atoms with van der Waals surface area (Å²) in [7, 11) is 0.